The fourth-order valence-corrected chi connectivity index (χ4v) is 6.24. The smallest absolute Gasteiger partial charge is 0.254 e. The van der Waals surface area contributed by atoms with Crippen molar-refractivity contribution in [3.63, 3.8) is 0 Å². The van der Waals surface area contributed by atoms with Gasteiger partial charge in [-0.25, -0.2) is 0 Å². The van der Waals surface area contributed by atoms with Crippen LogP contribution in [0.3, 0.4) is 0 Å². The summed E-state index contributed by atoms with van der Waals surface area (Å²) < 4.78 is 1.07. The number of hydrogen-bond donors (Lipinski definition) is 0. The highest BCUT2D eigenvalue weighted by atomic mass is 79.9. The molecule has 6 heteroatoms. The topological polar surface area (TPSA) is 40.6 Å². The number of fused-ring (bicyclic) bond motifs is 1. The van der Waals surface area contributed by atoms with E-state index in [1.165, 1.54) is 6.42 Å². The Morgan fingerprint density at radius 1 is 1.14 bits per heavy atom. The Bertz CT molecular complexity index is 853. The monoisotopic (exact) mass is 460 g/mol. The van der Waals surface area contributed by atoms with Crippen molar-refractivity contribution >= 4 is 39.1 Å². The number of likely N-dealkylation sites (tertiary alicyclic amines) is 1. The number of amides is 2. The van der Waals surface area contributed by atoms with Gasteiger partial charge in [-0.1, -0.05) is 31.0 Å². The minimum absolute atomic E-state index is 0.000572. The highest BCUT2D eigenvalue weighted by molar-refractivity contribution is 9.11. The quantitative estimate of drug-likeness (QED) is 0.647. The molecule has 0 spiro atoms. The van der Waals surface area contributed by atoms with Crippen LogP contribution < -0.4 is 0 Å². The molecule has 3 atom stereocenters. The van der Waals surface area contributed by atoms with Gasteiger partial charge in [0.25, 0.3) is 5.91 Å². The third kappa shape index (κ3) is 3.90. The van der Waals surface area contributed by atoms with E-state index in [1.807, 2.05) is 54.4 Å². The summed E-state index contributed by atoms with van der Waals surface area (Å²) in [5.41, 5.74) is 0.677. The van der Waals surface area contributed by atoms with Crippen molar-refractivity contribution in [2.75, 3.05) is 7.05 Å². The molecule has 1 aliphatic heterocycles. The molecular weight excluding hydrogens is 436 g/mol. The molecule has 4 nitrogen and oxygen atoms in total. The van der Waals surface area contributed by atoms with Crippen LogP contribution in [0.1, 0.15) is 47.3 Å². The molecule has 4 rings (SSSR count). The number of halogens is 1. The van der Waals surface area contributed by atoms with Crippen LogP contribution in [-0.2, 0) is 11.3 Å². The van der Waals surface area contributed by atoms with E-state index in [1.54, 1.807) is 16.2 Å². The van der Waals surface area contributed by atoms with Crippen molar-refractivity contribution in [2.24, 2.45) is 5.92 Å². The number of rotatable bonds is 4. The molecule has 2 heterocycles. The van der Waals surface area contributed by atoms with E-state index in [0.717, 1.165) is 34.3 Å². The first-order chi connectivity index (χ1) is 13.5. The Balaban J connectivity index is 1.57. The fraction of sp³-hybridized carbons (Fsp3) is 0.455. The van der Waals surface area contributed by atoms with E-state index >= 15 is 0 Å². The van der Waals surface area contributed by atoms with Gasteiger partial charge in [0.1, 0.15) is 6.04 Å². The van der Waals surface area contributed by atoms with E-state index < -0.39 is 0 Å². The molecule has 1 aromatic carbocycles. The SMILES string of the molecule is CN(Cc1ccc(Br)s1)C(=O)C1CC2CCCCC2N1C(=O)c1ccccc1. The number of benzene rings is 1. The van der Waals surface area contributed by atoms with Crippen molar-refractivity contribution in [3.05, 3.63) is 56.7 Å². The van der Waals surface area contributed by atoms with Gasteiger partial charge in [0, 0.05) is 23.5 Å². The molecule has 0 bridgehead atoms. The van der Waals surface area contributed by atoms with Crippen LogP contribution in [0.4, 0.5) is 0 Å². The lowest BCUT2D eigenvalue weighted by Crippen LogP contribution is -2.49. The number of likely N-dealkylation sites (N-methyl/N-ethyl adjacent to an activating group) is 1. The number of nitrogens with zero attached hydrogens (tertiary/aromatic N) is 2. The Hall–Kier alpha value is -1.66. The lowest BCUT2D eigenvalue weighted by Gasteiger charge is -2.34. The maximum Gasteiger partial charge on any atom is 0.254 e. The Labute approximate surface area is 178 Å². The predicted molar refractivity (Wildman–Crippen MR) is 115 cm³/mol. The lowest BCUT2D eigenvalue weighted by atomic mass is 9.84. The van der Waals surface area contributed by atoms with Gasteiger partial charge >= 0.3 is 0 Å². The zero-order chi connectivity index (χ0) is 19.7. The number of carbonyl (C=O) groups excluding carboxylic acids is 2. The minimum Gasteiger partial charge on any atom is -0.339 e. The third-order valence-electron chi connectivity index (χ3n) is 6.03. The summed E-state index contributed by atoms with van der Waals surface area (Å²) in [7, 11) is 1.85. The highest BCUT2D eigenvalue weighted by Crippen LogP contribution is 2.41. The first-order valence-electron chi connectivity index (χ1n) is 9.91. The molecule has 1 aromatic heterocycles. The predicted octanol–water partition coefficient (Wildman–Crippen LogP) is 4.94. The number of hydrogen-bond acceptors (Lipinski definition) is 3. The first kappa shape index (κ1) is 19.6. The maximum atomic E-state index is 13.4. The van der Waals surface area contributed by atoms with Crippen LogP contribution in [0, 0.1) is 5.92 Å². The minimum atomic E-state index is -0.353. The van der Waals surface area contributed by atoms with Gasteiger partial charge in [0.05, 0.1) is 10.3 Å². The second-order valence-corrected chi connectivity index (χ2v) is 10.4. The van der Waals surface area contributed by atoms with E-state index in [9.17, 15) is 9.59 Å². The third-order valence-corrected chi connectivity index (χ3v) is 7.63. The summed E-state index contributed by atoms with van der Waals surface area (Å²) in [6.07, 6.45) is 5.26. The van der Waals surface area contributed by atoms with Gasteiger partial charge in [-0.3, -0.25) is 9.59 Å². The summed E-state index contributed by atoms with van der Waals surface area (Å²) >= 11 is 5.13. The van der Waals surface area contributed by atoms with Crippen LogP contribution in [0.2, 0.25) is 0 Å². The average Bonchev–Trinajstić information content (AvgIpc) is 3.30. The van der Waals surface area contributed by atoms with Crippen molar-refractivity contribution in [3.8, 4) is 0 Å². The van der Waals surface area contributed by atoms with Crippen molar-refractivity contribution in [2.45, 2.75) is 50.7 Å². The van der Waals surface area contributed by atoms with E-state index in [0.29, 0.717) is 18.0 Å². The standard InChI is InChI=1S/C22H25BrN2O2S/c1-24(14-17-11-12-20(23)28-17)22(27)19-13-16-9-5-6-10-18(16)25(19)21(26)15-7-3-2-4-8-15/h2-4,7-8,11-12,16,18-19H,5-6,9-10,13-14H2,1H3. The van der Waals surface area contributed by atoms with Gasteiger partial charge < -0.3 is 9.80 Å². The first-order valence-corrected chi connectivity index (χ1v) is 11.5. The molecule has 2 aromatic rings. The normalized spacial score (nSPS) is 24.1. The summed E-state index contributed by atoms with van der Waals surface area (Å²) in [6.45, 7) is 0.578. The summed E-state index contributed by atoms with van der Waals surface area (Å²) in [5.74, 6) is 0.503. The molecule has 0 N–H and O–H groups in total. The lowest BCUT2D eigenvalue weighted by molar-refractivity contribution is -0.134. The van der Waals surface area contributed by atoms with E-state index in [4.69, 9.17) is 0 Å². The molecule has 2 aliphatic rings. The second kappa shape index (κ2) is 8.37. The summed E-state index contributed by atoms with van der Waals surface area (Å²) in [6, 6.07) is 13.3. The zero-order valence-corrected chi connectivity index (χ0v) is 18.4. The van der Waals surface area contributed by atoms with Crippen LogP contribution in [0.25, 0.3) is 0 Å². The van der Waals surface area contributed by atoms with Gasteiger partial charge in [-0.15, -0.1) is 11.3 Å². The van der Waals surface area contributed by atoms with Crippen molar-refractivity contribution < 1.29 is 9.59 Å². The summed E-state index contributed by atoms with van der Waals surface area (Å²) in [4.78, 5) is 31.6. The molecule has 1 saturated heterocycles. The molecule has 28 heavy (non-hydrogen) atoms. The zero-order valence-electron chi connectivity index (χ0n) is 16.0. The molecule has 2 amide bonds. The van der Waals surface area contributed by atoms with E-state index in [-0.39, 0.29) is 23.9 Å². The largest absolute Gasteiger partial charge is 0.339 e. The summed E-state index contributed by atoms with van der Waals surface area (Å²) in [5, 5.41) is 0. The van der Waals surface area contributed by atoms with Gasteiger partial charge in [-0.05, 0) is 65.4 Å². The number of thiophene rings is 1. The van der Waals surface area contributed by atoms with Gasteiger partial charge in [0.2, 0.25) is 5.91 Å². The van der Waals surface area contributed by atoms with Crippen LogP contribution >= 0.6 is 27.3 Å². The molecule has 2 fully saturated rings. The van der Waals surface area contributed by atoms with Crippen molar-refractivity contribution in [1.29, 1.82) is 0 Å². The molecule has 0 radical (unpaired) electrons. The van der Waals surface area contributed by atoms with Crippen LogP contribution in [-0.4, -0.2) is 40.7 Å². The maximum absolute atomic E-state index is 13.4. The Morgan fingerprint density at radius 2 is 1.89 bits per heavy atom. The Morgan fingerprint density at radius 3 is 2.61 bits per heavy atom. The van der Waals surface area contributed by atoms with Crippen LogP contribution in [0.5, 0.6) is 0 Å². The molecular formula is C22H25BrN2O2S. The Kier molecular flexibility index (Phi) is 5.88. The van der Waals surface area contributed by atoms with Crippen LogP contribution in [0.15, 0.2) is 46.3 Å². The molecule has 148 valence electrons. The van der Waals surface area contributed by atoms with Gasteiger partial charge in [-0.2, -0.15) is 0 Å². The molecule has 1 saturated carbocycles. The van der Waals surface area contributed by atoms with Gasteiger partial charge in [0.15, 0.2) is 0 Å². The molecule has 1 aliphatic carbocycles. The molecule has 3 unspecified atom stereocenters. The van der Waals surface area contributed by atoms with E-state index in [2.05, 4.69) is 15.9 Å². The highest BCUT2D eigenvalue weighted by Gasteiger charge is 2.48. The fourth-order valence-electron chi connectivity index (χ4n) is 4.71. The average molecular weight is 461 g/mol. The number of carbonyl (C=O) groups is 2. The second-order valence-electron chi connectivity index (χ2n) is 7.84. The van der Waals surface area contributed by atoms with Crippen molar-refractivity contribution in [1.82, 2.24) is 9.80 Å².